The molecule has 0 aliphatic carbocycles. The normalized spacial score (nSPS) is 11.1. The van der Waals surface area contributed by atoms with Crippen LogP contribution in [0.25, 0.3) is 22.0 Å². The molecule has 3 heteroatoms. The van der Waals surface area contributed by atoms with Gasteiger partial charge in [-0.1, -0.05) is 42.5 Å². The second-order valence-corrected chi connectivity index (χ2v) is 5.80. The lowest BCUT2D eigenvalue weighted by Crippen LogP contribution is -1.89. The van der Waals surface area contributed by atoms with Crippen molar-refractivity contribution in [2.75, 3.05) is 6.61 Å². The molecule has 0 amide bonds. The van der Waals surface area contributed by atoms with Gasteiger partial charge >= 0.3 is 0 Å². The Hall–Kier alpha value is -1.71. The van der Waals surface area contributed by atoms with Crippen LogP contribution in [0, 0.1) is 6.92 Å². The van der Waals surface area contributed by atoms with Crippen molar-refractivity contribution in [1.29, 1.82) is 0 Å². The Labute approximate surface area is 116 Å². The number of fused-ring (bicyclic) bond motifs is 1. The van der Waals surface area contributed by atoms with Crippen molar-refractivity contribution in [1.82, 2.24) is 4.98 Å². The fourth-order valence-electron chi connectivity index (χ4n) is 2.34. The highest BCUT2D eigenvalue weighted by atomic mass is 32.1. The fraction of sp³-hybridized carbons (Fsp3) is 0.188. The minimum atomic E-state index is 0.155. The van der Waals surface area contributed by atoms with Crippen LogP contribution in [0.3, 0.4) is 0 Å². The van der Waals surface area contributed by atoms with Gasteiger partial charge in [0.15, 0.2) is 0 Å². The van der Waals surface area contributed by atoms with E-state index in [0.29, 0.717) is 6.42 Å². The first kappa shape index (κ1) is 12.3. The Morgan fingerprint density at radius 2 is 1.89 bits per heavy atom. The molecule has 2 nitrogen and oxygen atoms in total. The number of aliphatic hydroxyl groups excluding tert-OH is 1. The third kappa shape index (κ3) is 2.27. The zero-order chi connectivity index (χ0) is 13.2. The van der Waals surface area contributed by atoms with Crippen LogP contribution >= 0.6 is 11.3 Å². The van der Waals surface area contributed by atoms with Gasteiger partial charge in [-0.2, -0.15) is 0 Å². The number of nitrogens with zero attached hydrogens (tertiary/aromatic N) is 1. The molecule has 0 aliphatic rings. The molecule has 0 radical (unpaired) electrons. The Morgan fingerprint density at radius 3 is 2.74 bits per heavy atom. The van der Waals surface area contributed by atoms with Gasteiger partial charge in [0.05, 0.1) is 10.7 Å². The van der Waals surface area contributed by atoms with Crippen LogP contribution in [0.15, 0.2) is 42.5 Å². The number of hydrogen-bond acceptors (Lipinski definition) is 3. The highest BCUT2D eigenvalue weighted by Gasteiger charge is 2.11. The Morgan fingerprint density at radius 1 is 1.11 bits per heavy atom. The molecule has 19 heavy (non-hydrogen) atoms. The van der Waals surface area contributed by atoms with Crippen molar-refractivity contribution in [2.45, 2.75) is 13.3 Å². The van der Waals surface area contributed by atoms with E-state index in [1.165, 1.54) is 21.2 Å². The van der Waals surface area contributed by atoms with Crippen molar-refractivity contribution < 1.29 is 5.11 Å². The minimum absolute atomic E-state index is 0.155. The Kier molecular flexibility index (Phi) is 3.32. The van der Waals surface area contributed by atoms with E-state index < -0.39 is 0 Å². The maximum absolute atomic E-state index is 9.03. The molecular formula is C16H15NOS. The van der Waals surface area contributed by atoms with Crippen LogP contribution in [0.1, 0.15) is 9.88 Å². The second-order valence-electron chi connectivity index (χ2n) is 4.51. The summed E-state index contributed by atoms with van der Waals surface area (Å²) in [4.78, 5) is 5.89. The second kappa shape index (κ2) is 5.11. The van der Waals surface area contributed by atoms with E-state index >= 15 is 0 Å². The topological polar surface area (TPSA) is 33.1 Å². The van der Waals surface area contributed by atoms with Gasteiger partial charge in [-0.3, -0.25) is 0 Å². The third-order valence-electron chi connectivity index (χ3n) is 3.21. The lowest BCUT2D eigenvalue weighted by Gasteiger charge is -2.04. The molecule has 0 aliphatic heterocycles. The van der Waals surface area contributed by atoms with Crippen LogP contribution in [0.4, 0.5) is 0 Å². The summed E-state index contributed by atoms with van der Waals surface area (Å²) >= 11 is 1.67. The molecule has 1 aromatic heterocycles. The SMILES string of the molecule is Cc1sc(CCO)nc1-c1cccc2ccccc12. The number of rotatable bonds is 3. The van der Waals surface area contributed by atoms with Crippen LogP contribution in [0.2, 0.25) is 0 Å². The Balaban J connectivity index is 2.19. The number of aryl methyl sites for hydroxylation is 1. The van der Waals surface area contributed by atoms with Gasteiger partial charge < -0.3 is 5.11 Å². The smallest absolute Gasteiger partial charge is 0.0958 e. The molecule has 1 heterocycles. The van der Waals surface area contributed by atoms with Gasteiger partial charge in [-0.15, -0.1) is 11.3 Å². The summed E-state index contributed by atoms with van der Waals surface area (Å²) in [6, 6.07) is 14.7. The molecule has 2 aromatic carbocycles. The molecule has 0 saturated carbocycles. The summed E-state index contributed by atoms with van der Waals surface area (Å²) in [6.45, 7) is 2.25. The molecule has 0 bridgehead atoms. The maximum atomic E-state index is 9.03. The average Bonchev–Trinajstić information content (AvgIpc) is 2.79. The molecule has 0 unspecified atom stereocenters. The van der Waals surface area contributed by atoms with Crippen LogP contribution in [-0.2, 0) is 6.42 Å². The van der Waals surface area contributed by atoms with Gasteiger partial charge in [0.1, 0.15) is 0 Å². The van der Waals surface area contributed by atoms with Crippen molar-refractivity contribution in [3.05, 3.63) is 52.3 Å². The van der Waals surface area contributed by atoms with Crippen LogP contribution in [0.5, 0.6) is 0 Å². The molecule has 3 rings (SSSR count). The first-order valence-corrected chi connectivity index (χ1v) is 7.16. The lowest BCUT2D eigenvalue weighted by molar-refractivity contribution is 0.299. The average molecular weight is 269 g/mol. The van der Waals surface area contributed by atoms with Crippen LogP contribution < -0.4 is 0 Å². The highest BCUT2D eigenvalue weighted by Crippen LogP contribution is 2.32. The largest absolute Gasteiger partial charge is 0.396 e. The van der Waals surface area contributed by atoms with E-state index in [1.807, 2.05) is 0 Å². The number of benzene rings is 2. The van der Waals surface area contributed by atoms with E-state index in [0.717, 1.165) is 10.7 Å². The van der Waals surface area contributed by atoms with E-state index in [1.54, 1.807) is 11.3 Å². The van der Waals surface area contributed by atoms with Crippen molar-refractivity contribution in [3.8, 4) is 11.3 Å². The van der Waals surface area contributed by atoms with E-state index in [9.17, 15) is 0 Å². The molecular weight excluding hydrogens is 254 g/mol. The molecule has 0 fully saturated rings. The third-order valence-corrected chi connectivity index (χ3v) is 4.24. The number of aliphatic hydroxyl groups is 1. The number of hydrogen-bond donors (Lipinski definition) is 1. The molecule has 0 spiro atoms. The zero-order valence-electron chi connectivity index (χ0n) is 10.8. The zero-order valence-corrected chi connectivity index (χ0v) is 11.6. The highest BCUT2D eigenvalue weighted by molar-refractivity contribution is 7.12. The summed E-state index contributed by atoms with van der Waals surface area (Å²) in [5.41, 5.74) is 2.22. The maximum Gasteiger partial charge on any atom is 0.0958 e. The van der Waals surface area contributed by atoms with E-state index in [4.69, 9.17) is 5.11 Å². The van der Waals surface area contributed by atoms with Crippen molar-refractivity contribution >= 4 is 22.1 Å². The van der Waals surface area contributed by atoms with Gasteiger partial charge in [0.25, 0.3) is 0 Å². The Bertz CT molecular complexity index is 712. The molecule has 96 valence electrons. The summed E-state index contributed by atoms with van der Waals surface area (Å²) in [6.07, 6.45) is 0.635. The van der Waals surface area contributed by atoms with Gasteiger partial charge in [-0.05, 0) is 17.7 Å². The monoisotopic (exact) mass is 269 g/mol. The minimum Gasteiger partial charge on any atom is -0.396 e. The van der Waals surface area contributed by atoms with Gasteiger partial charge in [0, 0.05) is 23.5 Å². The van der Waals surface area contributed by atoms with Crippen molar-refractivity contribution in [2.24, 2.45) is 0 Å². The molecule has 1 N–H and O–H groups in total. The summed E-state index contributed by atoms with van der Waals surface area (Å²) in [7, 11) is 0. The predicted molar refractivity (Wildman–Crippen MR) is 80.6 cm³/mol. The summed E-state index contributed by atoms with van der Waals surface area (Å²) in [5.74, 6) is 0. The lowest BCUT2D eigenvalue weighted by atomic mass is 10.0. The standard InChI is InChI=1S/C16H15NOS/c1-11-16(17-15(19-11)9-10-18)14-8-4-6-12-5-2-3-7-13(12)14/h2-8,18H,9-10H2,1H3. The van der Waals surface area contributed by atoms with Gasteiger partial charge in [0.2, 0.25) is 0 Å². The van der Waals surface area contributed by atoms with Gasteiger partial charge in [-0.25, -0.2) is 4.98 Å². The quantitative estimate of drug-likeness (QED) is 0.784. The summed E-state index contributed by atoms with van der Waals surface area (Å²) in [5, 5.41) is 12.5. The summed E-state index contributed by atoms with van der Waals surface area (Å²) < 4.78 is 0. The molecule has 0 atom stereocenters. The number of thiazole rings is 1. The van der Waals surface area contributed by atoms with E-state index in [-0.39, 0.29) is 6.61 Å². The van der Waals surface area contributed by atoms with E-state index in [2.05, 4.69) is 54.4 Å². The number of aromatic nitrogens is 1. The van der Waals surface area contributed by atoms with Crippen molar-refractivity contribution in [3.63, 3.8) is 0 Å². The fourth-order valence-corrected chi connectivity index (χ4v) is 3.27. The first-order valence-electron chi connectivity index (χ1n) is 6.35. The predicted octanol–water partition coefficient (Wildman–Crippen LogP) is 3.81. The molecule has 0 saturated heterocycles. The molecule has 3 aromatic rings. The first-order chi connectivity index (χ1) is 9.29. The van der Waals surface area contributed by atoms with Crippen LogP contribution in [-0.4, -0.2) is 16.7 Å².